The van der Waals surface area contributed by atoms with Crippen LogP contribution in [0.2, 0.25) is 0 Å². The second kappa shape index (κ2) is 9.56. The molecule has 0 atom stereocenters. The highest BCUT2D eigenvalue weighted by Gasteiger charge is 2.22. The summed E-state index contributed by atoms with van der Waals surface area (Å²) in [5.41, 5.74) is 2.40. The maximum atomic E-state index is 4.47. The zero-order valence-corrected chi connectivity index (χ0v) is 18.2. The Morgan fingerprint density at radius 2 is 1.00 bits per heavy atom. The zero-order valence-electron chi connectivity index (χ0n) is 18.2. The van der Waals surface area contributed by atoms with Crippen molar-refractivity contribution >= 4 is 0 Å². The van der Waals surface area contributed by atoms with E-state index in [2.05, 4.69) is 42.8 Å². The number of aromatic nitrogens is 6. The third-order valence-corrected chi connectivity index (χ3v) is 7.31. The van der Waals surface area contributed by atoms with Gasteiger partial charge in [0, 0.05) is 38.0 Å². The summed E-state index contributed by atoms with van der Waals surface area (Å²) in [6.07, 6.45) is 17.6. The molecule has 0 unspecified atom stereocenters. The molecule has 0 bridgehead atoms. The quantitative estimate of drug-likeness (QED) is 0.726. The summed E-state index contributed by atoms with van der Waals surface area (Å²) in [6.45, 7) is 5.93. The predicted octanol–water partition coefficient (Wildman–Crippen LogP) is 3.20. The van der Waals surface area contributed by atoms with Gasteiger partial charge < -0.3 is 0 Å². The molecule has 5 rings (SSSR count). The predicted molar refractivity (Wildman–Crippen MR) is 115 cm³/mol. The van der Waals surface area contributed by atoms with Gasteiger partial charge in [0.05, 0.1) is 37.1 Å². The van der Waals surface area contributed by atoms with Crippen molar-refractivity contribution in [1.29, 1.82) is 0 Å². The topological polar surface area (TPSA) is 67.9 Å². The molecule has 0 N–H and O–H groups in total. The standard InChI is InChI=1S/C22H36N8/c1-3-7-19(8-4-1)21-15-29(25-23-21)17-27-11-13-28(14-12-27)18-30-16-22(24-26-30)20-9-5-2-6-10-20/h15-16,19-20H,1-14,17-18H2. The average Bonchev–Trinajstić information content (AvgIpc) is 3.46. The highest BCUT2D eigenvalue weighted by Crippen LogP contribution is 2.32. The fourth-order valence-corrected chi connectivity index (χ4v) is 5.42. The van der Waals surface area contributed by atoms with Crippen LogP contribution in [0.25, 0.3) is 0 Å². The molecule has 30 heavy (non-hydrogen) atoms. The Kier molecular flexibility index (Phi) is 6.41. The zero-order chi connectivity index (χ0) is 20.2. The lowest BCUT2D eigenvalue weighted by Gasteiger charge is -2.34. The van der Waals surface area contributed by atoms with E-state index in [4.69, 9.17) is 0 Å². The molecule has 0 radical (unpaired) electrons. The highest BCUT2D eigenvalue weighted by molar-refractivity contribution is 5.03. The maximum Gasteiger partial charge on any atom is 0.0947 e. The van der Waals surface area contributed by atoms with E-state index in [1.165, 1.54) is 75.6 Å². The molecular formula is C22H36N8. The van der Waals surface area contributed by atoms with Crippen LogP contribution >= 0.6 is 0 Å². The molecule has 0 spiro atoms. The van der Waals surface area contributed by atoms with Crippen molar-refractivity contribution in [3.63, 3.8) is 0 Å². The molecule has 2 saturated carbocycles. The van der Waals surface area contributed by atoms with Gasteiger partial charge in [0.15, 0.2) is 0 Å². The molecular weight excluding hydrogens is 376 g/mol. The van der Waals surface area contributed by atoms with Gasteiger partial charge in [-0.2, -0.15) is 0 Å². The van der Waals surface area contributed by atoms with Crippen LogP contribution < -0.4 is 0 Å². The lowest BCUT2D eigenvalue weighted by Crippen LogP contribution is -2.47. The van der Waals surface area contributed by atoms with Crippen LogP contribution in [0.5, 0.6) is 0 Å². The van der Waals surface area contributed by atoms with Crippen LogP contribution in [0.4, 0.5) is 0 Å². The number of piperazine rings is 1. The second-order valence-corrected chi connectivity index (χ2v) is 9.55. The number of nitrogens with zero attached hydrogens (tertiary/aromatic N) is 8. The molecule has 1 aliphatic heterocycles. The summed E-state index contributed by atoms with van der Waals surface area (Å²) in [5.74, 6) is 1.26. The molecule has 3 fully saturated rings. The van der Waals surface area contributed by atoms with Gasteiger partial charge in [-0.3, -0.25) is 9.80 Å². The lowest BCUT2D eigenvalue weighted by molar-refractivity contribution is 0.0794. The molecule has 3 heterocycles. The first-order valence-corrected chi connectivity index (χ1v) is 12.1. The minimum absolute atomic E-state index is 0.630. The first kappa shape index (κ1) is 20.1. The molecule has 0 amide bonds. The van der Waals surface area contributed by atoms with Crippen molar-refractivity contribution in [2.75, 3.05) is 26.2 Å². The Labute approximate surface area is 179 Å². The summed E-state index contributed by atoms with van der Waals surface area (Å²) in [7, 11) is 0. The van der Waals surface area contributed by atoms with Crippen molar-refractivity contribution in [2.45, 2.75) is 89.4 Å². The van der Waals surface area contributed by atoms with Crippen molar-refractivity contribution in [3.05, 3.63) is 23.8 Å². The summed E-state index contributed by atoms with van der Waals surface area (Å²) < 4.78 is 4.07. The number of rotatable bonds is 6. The normalized spacial score (nSPS) is 23.2. The van der Waals surface area contributed by atoms with Gasteiger partial charge >= 0.3 is 0 Å². The summed E-state index contributed by atoms with van der Waals surface area (Å²) in [5, 5.41) is 17.8. The van der Waals surface area contributed by atoms with E-state index in [0.29, 0.717) is 11.8 Å². The van der Waals surface area contributed by atoms with Gasteiger partial charge in [-0.05, 0) is 25.7 Å². The molecule has 2 aromatic rings. The molecule has 0 aromatic carbocycles. The van der Waals surface area contributed by atoms with Crippen LogP contribution in [0.1, 0.15) is 87.4 Å². The molecule has 8 nitrogen and oxygen atoms in total. The summed E-state index contributed by atoms with van der Waals surface area (Å²) in [4.78, 5) is 4.95. The monoisotopic (exact) mass is 412 g/mol. The lowest BCUT2D eigenvalue weighted by atomic mass is 9.87. The molecule has 2 aromatic heterocycles. The van der Waals surface area contributed by atoms with Crippen molar-refractivity contribution in [1.82, 2.24) is 39.8 Å². The Morgan fingerprint density at radius 3 is 1.40 bits per heavy atom. The van der Waals surface area contributed by atoms with Crippen LogP contribution in [0.3, 0.4) is 0 Å². The van der Waals surface area contributed by atoms with Gasteiger partial charge in [-0.15, -0.1) is 10.2 Å². The molecule has 164 valence electrons. The van der Waals surface area contributed by atoms with E-state index in [0.717, 1.165) is 39.5 Å². The van der Waals surface area contributed by atoms with Gasteiger partial charge in [-0.25, -0.2) is 9.36 Å². The Balaban J connectivity index is 1.08. The van der Waals surface area contributed by atoms with Crippen LogP contribution in [0.15, 0.2) is 12.4 Å². The summed E-state index contributed by atoms with van der Waals surface area (Å²) >= 11 is 0. The first-order valence-electron chi connectivity index (χ1n) is 12.1. The van der Waals surface area contributed by atoms with Crippen molar-refractivity contribution in [2.24, 2.45) is 0 Å². The Bertz CT molecular complexity index is 712. The Hall–Kier alpha value is -1.80. The van der Waals surface area contributed by atoms with Gasteiger partial charge in [-0.1, -0.05) is 49.0 Å². The Morgan fingerprint density at radius 1 is 0.600 bits per heavy atom. The van der Waals surface area contributed by atoms with Gasteiger partial charge in [0.25, 0.3) is 0 Å². The number of hydrogen-bond donors (Lipinski definition) is 0. The minimum atomic E-state index is 0.630. The molecule has 1 saturated heterocycles. The summed E-state index contributed by atoms with van der Waals surface area (Å²) in [6, 6.07) is 0. The molecule has 3 aliphatic rings. The van der Waals surface area contributed by atoms with Gasteiger partial charge in [0.2, 0.25) is 0 Å². The molecule has 2 aliphatic carbocycles. The van der Waals surface area contributed by atoms with Gasteiger partial charge in [0.1, 0.15) is 0 Å². The van der Waals surface area contributed by atoms with Crippen LogP contribution in [0, 0.1) is 0 Å². The molecule has 8 heteroatoms. The second-order valence-electron chi connectivity index (χ2n) is 9.55. The smallest absolute Gasteiger partial charge is 0.0947 e. The van der Waals surface area contributed by atoms with E-state index >= 15 is 0 Å². The third kappa shape index (κ3) is 4.91. The average molecular weight is 413 g/mol. The maximum absolute atomic E-state index is 4.47. The van der Waals surface area contributed by atoms with Crippen molar-refractivity contribution in [3.8, 4) is 0 Å². The third-order valence-electron chi connectivity index (χ3n) is 7.31. The number of hydrogen-bond acceptors (Lipinski definition) is 6. The SMILES string of the molecule is c1c(C2CCCCC2)nnn1CN1CCN(Cn2cc(C3CCCCC3)nn2)CC1. The largest absolute Gasteiger partial charge is 0.282 e. The highest BCUT2D eigenvalue weighted by atomic mass is 15.5. The van der Waals surface area contributed by atoms with E-state index < -0.39 is 0 Å². The first-order chi connectivity index (χ1) is 14.8. The van der Waals surface area contributed by atoms with Crippen LogP contribution in [-0.4, -0.2) is 66.0 Å². The van der Waals surface area contributed by atoms with E-state index in [9.17, 15) is 0 Å². The minimum Gasteiger partial charge on any atom is -0.282 e. The van der Waals surface area contributed by atoms with E-state index in [1.54, 1.807) is 0 Å². The fraction of sp³-hybridized carbons (Fsp3) is 0.818. The van der Waals surface area contributed by atoms with E-state index in [-0.39, 0.29) is 0 Å². The van der Waals surface area contributed by atoms with Crippen LogP contribution in [-0.2, 0) is 13.3 Å². The van der Waals surface area contributed by atoms with Crippen molar-refractivity contribution < 1.29 is 0 Å². The van der Waals surface area contributed by atoms with E-state index in [1.807, 2.05) is 9.36 Å². The fourth-order valence-electron chi connectivity index (χ4n) is 5.42.